The molecule has 0 fully saturated rings. The zero-order valence-electron chi connectivity index (χ0n) is 11.4. The van der Waals surface area contributed by atoms with Crippen molar-refractivity contribution in [2.75, 3.05) is 32.6 Å². The van der Waals surface area contributed by atoms with E-state index in [0.29, 0.717) is 5.13 Å². The van der Waals surface area contributed by atoms with Crippen LogP contribution >= 0.6 is 11.3 Å². The van der Waals surface area contributed by atoms with E-state index in [-0.39, 0.29) is 19.2 Å². The third-order valence-electron chi connectivity index (χ3n) is 2.33. The van der Waals surface area contributed by atoms with Gasteiger partial charge in [-0.2, -0.15) is 0 Å². The molecule has 0 aliphatic carbocycles. The second-order valence-electron chi connectivity index (χ2n) is 4.17. The summed E-state index contributed by atoms with van der Waals surface area (Å²) in [4.78, 5) is 13.2. The van der Waals surface area contributed by atoms with Gasteiger partial charge in [0.25, 0.3) is 0 Å². The zero-order chi connectivity index (χ0) is 14.3. The van der Waals surface area contributed by atoms with Crippen molar-refractivity contribution in [1.29, 1.82) is 0 Å². The lowest BCUT2D eigenvalue weighted by Crippen LogP contribution is -2.38. The molecule has 0 aliphatic rings. The van der Waals surface area contributed by atoms with Gasteiger partial charge in [0.05, 0.1) is 19.3 Å². The molecule has 0 saturated heterocycles. The summed E-state index contributed by atoms with van der Waals surface area (Å²) in [5.41, 5.74) is 0. The first-order valence-corrected chi connectivity index (χ1v) is 6.90. The number of aliphatic hydroxyl groups is 1. The maximum atomic E-state index is 11.8. The third-order valence-corrected chi connectivity index (χ3v) is 3.23. The number of ether oxygens (including phenoxy) is 1. The number of aliphatic hydroxyl groups excluding tert-OH is 1. The molecule has 0 bridgehead atoms. The van der Waals surface area contributed by atoms with Crippen molar-refractivity contribution in [3.63, 3.8) is 0 Å². The number of rotatable bonds is 7. The number of carbonyl (C=O) groups excluding carboxylic acids is 1. The minimum Gasteiger partial charge on any atom is -0.389 e. The summed E-state index contributed by atoms with van der Waals surface area (Å²) in [6.07, 6.45) is 1.15. The lowest BCUT2D eigenvalue weighted by Gasteiger charge is -2.19. The van der Waals surface area contributed by atoms with Gasteiger partial charge in [-0.1, -0.05) is 18.3 Å². The molecule has 1 heterocycles. The van der Waals surface area contributed by atoms with E-state index in [1.54, 1.807) is 7.05 Å². The molecule has 2 amide bonds. The number of nitrogens with zero attached hydrogens (tertiary/aromatic N) is 3. The summed E-state index contributed by atoms with van der Waals surface area (Å²) in [7, 11) is 3.10. The highest BCUT2D eigenvalue weighted by Crippen LogP contribution is 2.16. The molecular weight excluding hydrogens is 268 g/mol. The smallest absolute Gasteiger partial charge is 0.323 e. The Morgan fingerprint density at radius 2 is 2.32 bits per heavy atom. The van der Waals surface area contributed by atoms with Crippen LogP contribution in [0.4, 0.5) is 9.93 Å². The van der Waals surface area contributed by atoms with Gasteiger partial charge in [-0.25, -0.2) is 4.79 Å². The Kier molecular flexibility index (Phi) is 6.68. The van der Waals surface area contributed by atoms with Crippen LogP contribution in [0, 0.1) is 0 Å². The molecule has 108 valence electrons. The number of methoxy groups -OCH3 is 1. The Balaban J connectivity index is 2.44. The fraction of sp³-hybridized carbons (Fsp3) is 0.727. The van der Waals surface area contributed by atoms with Crippen LogP contribution in [-0.2, 0) is 11.2 Å². The van der Waals surface area contributed by atoms with Gasteiger partial charge in [0.2, 0.25) is 5.13 Å². The number of aromatic nitrogens is 2. The molecule has 7 nitrogen and oxygen atoms in total. The van der Waals surface area contributed by atoms with Gasteiger partial charge in [-0.15, -0.1) is 10.2 Å². The van der Waals surface area contributed by atoms with Gasteiger partial charge >= 0.3 is 6.03 Å². The fourth-order valence-electron chi connectivity index (χ4n) is 1.45. The molecule has 0 aromatic carbocycles. The molecule has 0 spiro atoms. The lowest BCUT2D eigenvalue weighted by atomic mass is 10.3. The molecule has 0 aliphatic heterocycles. The van der Waals surface area contributed by atoms with Crippen LogP contribution < -0.4 is 5.32 Å². The van der Waals surface area contributed by atoms with E-state index in [2.05, 4.69) is 22.4 Å². The van der Waals surface area contributed by atoms with Gasteiger partial charge in [0.1, 0.15) is 5.01 Å². The number of amides is 2. The predicted octanol–water partition coefficient (Wildman–Crippen LogP) is 0.962. The van der Waals surface area contributed by atoms with E-state index in [0.717, 1.165) is 17.8 Å². The van der Waals surface area contributed by atoms with Crippen molar-refractivity contribution in [1.82, 2.24) is 15.1 Å². The molecule has 8 heteroatoms. The maximum Gasteiger partial charge on any atom is 0.323 e. The van der Waals surface area contributed by atoms with Gasteiger partial charge in [-0.05, 0) is 6.42 Å². The van der Waals surface area contributed by atoms with E-state index in [1.807, 2.05) is 0 Å². The average molecular weight is 288 g/mol. The molecule has 1 rings (SSSR count). The van der Waals surface area contributed by atoms with Crippen molar-refractivity contribution in [2.24, 2.45) is 0 Å². The van der Waals surface area contributed by atoms with Crippen LogP contribution in [0.5, 0.6) is 0 Å². The highest BCUT2D eigenvalue weighted by molar-refractivity contribution is 7.15. The Morgan fingerprint density at radius 1 is 1.58 bits per heavy atom. The van der Waals surface area contributed by atoms with Gasteiger partial charge < -0.3 is 14.7 Å². The van der Waals surface area contributed by atoms with E-state index in [4.69, 9.17) is 4.74 Å². The normalized spacial score (nSPS) is 12.2. The number of anilines is 1. The number of urea groups is 1. The van der Waals surface area contributed by atoms with Crippen molar-refractivity contribution >= 4 is 22.5 Å². The quantitative estimate of drug-likeness (QED) is 0.780. The van der Waals surface area contributed by atoms with Crippen LogP contribution in [0.25, 0.3) is 0 Å². The predicted molar refractivity (Wildman–Crippen MR) is 73.4 cm³/mol. The first-order chi connectivity index (χ1) is 9.06. The summed E-state index contributed by atoms with van der Waals surface area (Å²) >= 11 is 1.36. The summed E-state index contributed by atoms with van der Waals surface area (Å²) in [6, 6.07) is -0.325. The lowest BCUT2D eigenvalue weighted by molar-refractivity contribution is 0.0501. The van der Waals surface area contributed by atoms with Crippen molar-refractivity contribution in [3.05, 3.63) is 5.01 Å². The van der Waals surface area contributed by atoms with Crippen molar-refractivity contribution < 1.29 is 14.6 Å². The number of likely N-dealkylation sites (N-methyl/N-ethyl adjacent to an activating group) is 1. The third kappa shape index (κ3) is 5.50. The number of aryl methyl sites for hydroxylation is 1. The number of carbonyl (C=O) groups is 1. The SMILES string of the molecule is CCCc1nnc(NC(=O)N(C)CC(O)COC)s1. The molecule has 2 N–H and O–H groups in total. The monoisotopic (exact) mass is 288 g/mol. The molecule has 0 saturated carbocycles. The van der Waals surface area contributed by atoms with E-state index in [1.165, 1.54) is 23.3 Å². The van der Waals surface area contributed by atoms with Crippen LogP contribution in [0.1, 0.15) is 18.4 Å². The maximum absolute atomic E-state index is 11.8. The largest absolute Gasteiger partial charge is 0.389 e. The van der Waals surface area contributed by atoms with Gasteiger partial charge in [0.15, 0.2) is 0 Å². The van der Waals surface area contributed by atoms with Crippen LogP contribution in [-0.4, -0.2) is 59.6 Å². The average Bonchev–Trinajstić information content (AvgIpc) is 2.77. The second kappa shape index (κ2) is 8.03. The fourth-order valence-corrected chi connectivity index (χ4v) is 2.28. The van der Waals surface area contributed by atoms with Gasteiger partial charge in [0, 0.05) is 20.6 Å². The molecule has 1 atom stereocenters. The zero-order valence-corrected chi connectivity index (χ0v) is 12.2. The topological polar surface area (TPSA) is 87.6 Å². The van der Waals surface area contributed by atoms with Crippen LogP contribution in [0.3, 0.4) is 0 Å². The minimum atomic E-state index is -0.703. The Bertz CT molecular complexity index is 399. The molecule has 0 radical (unpaired) electrons. The number of hydrogen-bond acceptors (Lipinski definition) is 6. The van der Waals surface area contributed by atoms with E-state index >= 15 is 0 Å². The van der Waals surface area contributed by atoms with E-state index in [9.17, 15) is 9.90 Å². The van der Waals surface area contributed by atoms with E-state index < -0.39 is 6.10 Å². The molecule has 1 aromatic heterocycles. The molecule has 1 aromatic rings. The highest BCUT2D eigenvalue weighted by atomic mass is 32.1. The summed E-state index contributed by atoms with van der Waals surface area (Å²) in [6.45, 7) is 2.45. The van der Waals surface area contributed by atoms with Crippen molar-refractivity contribution in [3.8, 4) is 0 Å². The second-order valence-corrected chi connectivity index (χ2v) is 5.23. The van der Waals surface area contributed by atoms with Crippen molar-refractivity contribution in [2.45, 2.75) is 25.9 Å². The Labute approximate surface area is 116 Å². The molecular formula is C11H20N4O3S. The highest BCUT2D eigenvalue weighted by Gasteiger charge is 2.15. The number of nitrogens with one attached hydrogen (secondary N) is 1. The summed E-state index contributed by atoms with van der Waals surface area (Å²) in [5.74, 6) is 0. The molecule has 1 unspecified atom stereocenters. The Hall–Kier alpha value is -1.25. The minimum absolute atomic E-state index is 0.192. The summed E-state index contributed by atoms with van der Waals surface area (Å²) in [5, 5.41) is 21.4. The van der Waals surface area contributed by atoms with Gasteiger partial charge in [-0.3, -0.25) is 5.32 Å². The first-order valence-electron chi connectivity index (χ1n) is 6.08. The summed E-state index contributed by atoms with van der Waals surface area (Å²) < 4.78 is 4.80. The Morgan fingerprint density at radius 3 is 2.95 bits per heavy atom. The van der Waals surface area contributed by atoms with Crippen LogP contribution in [0.15, 0.2) is 0 Å². The standard InChI is InChI=1S/C11H20N4O3S/c1-4-5-9-13-14-10(19-9)12-11(17)15(2)6-8(16)7-18-3/h8,16H,4-7H2,1-3H3,(H,12,14,17). The first kappa shape index (κ1) is 15.8. The van der Waals surface area contributed by atoms with Crippen LogP contribution in [0.2, 0.25) is 0 Å². The molecule has 19 heavy (non-hydrogen) atoms. The number of hydrogen-bond donors (Lipinski definition) is 2.